The number of carbonyl (C=O) groups is 1. The third-order valence-corrected chi connectivity index (χ3v) is 5.55. The Morgan fingerprint density at radius 3 is 2.55 bits per heavy atom. The van der Waals surface area contributed by atoms with E-state index in [1.807, 2.05) is 4.68 Å². The van der Waals surface area contributed by atoms with Gasteiger partial charge in [-0.15, -0.1) is 5.10 Å². The van der Waals surface area contributed by atoms with Gasteiger partial charge in [0.05, 0.1) is 23.5 Å². The SMILES string of the molecule is CC(C)(C)CN1CCC(n2nnc3cc(-c4ccc(C(=O)O)c(F)c4F)ncc32)CC1. The van der Waals surface area contributed by atoms with Gasteiger partial charge in [0.15, 0.2) is 11.6 Å². The van der Waals surface area contributed by atoms with Crippen molar-refractivity contribution in [1.29, 1.82) is 0 Å². The first-order valence-corrected chi connectivity index (χ1v) is 10.3. The second kappa shape index (κ2) is 7.96. The van der Waals surface area contributed by atoms with E-state index in [1.165, 1.54) is 6.07 Å². The molecule has 0 unspecified atom stereocenters. The van der Waals surface area contributed by atoms with Gasteiger partial charge in [0.2, 0.25) is 0 Å². The average molecular weight is 429 g/mol. The van der Waals surface area contributed by atoms with Crippen LogP contribution < -0.4 is 0 Å². The van der Waals surface area contributed by atoms with Gasteiger partial charge in [-0.25, -0.2) is 18.3 Å². The van der Waals surface area contributed by atoms with Gasteiger partial charge in [-0.05, 0) is 36.5 Å². The number of pyridine rings is 1. The van der Waals surface area contributed by atoms with Crippen molar-refractivity contribution >= 4 is 17.0 Å². The molecular weight excluding hydrogens is 404 g/mol. The van der Waals surface area contributed by atoms with E-state index in [2.05, 4.69) is 41.0 Å². The largest absolute Gasteiger partial charge is 0.478 e. The summed E-state index contributed by atoms with van der Waals surface area (Å²) in [6.07, 6.45) is 3.47. The molecule has 0 amide bonds. The van der Waals surface area contributed by atoms with Crippen molar-refractivity contribution in [2.75, 3.05) is 19.6 Å². The van der Waals surface area contributed by atoms with Crippen molar-refractivity contribution in [1.82, 2.24) is 24.9 Å². The number of benzene rings is 1. The van der Waals surface area contributed by atoms with E-state index < -0.39 is 23.2 Å². The Morgan fingerprint density at radius 2 is 1.90 bits per heavy atom. The number of likely N-dealkylation sites (tertiary alicyclic amines) is 1. The Hall–Kier alpha value is -2.94. The summed E-state index contributed by atoms with van der Waals surface area (Å²) < 4.78 is 30.4. The van der Waals surface area contributed by atoms with Gasteiger partial charge in [-0.2, -0.15) is 0 Å². The number of halogens is 2. The molecule has 1 aliphatic heterocycles. The highest BCUT2D eigenvalue weighted by Gasteiger charge is 2.26. The number of aromatic carboxylic acids is 1. The number of aromatic nitrogens is 4. The molecule has 0 radical (unpaired) electrons. The van der Waals surface area contributed by atoms with Crippen molar-refractivity contribution in [2.45, 2.75) is 39.7 Å². The van der Waals surface area contributed by atoms with E-state index in [4.69, 9.17) is 5.11 Å². The Morgan fingerprint density at radius 1 is 1.19 bits per heavy atom. The first kappa shape index (κ1) is 21.3. The smallest absolute Gasteiger partial charge is 0.338 e. The predicted molar refractivity (Wildman–Crippen MR) is 112 cm³/mol. The monoisotopic (exact) mass is 429 g/mol. The Labute approximate surface area is 178 Å². The lowest BCUT2D eigenvalue weighted by Crippen LogP contribution is -2.39. The number of piperidine rings is 1. The Balaban J connectivity index is 1.57. The molecule has 1 N–H and O–H groups in total. The third-order valence-electron chi connectivity index (χ3n) is 5.55. The second-order valence-corrected chi connectivity index (χ2v) is 9.25. The van der Waals surface area contributed by atoms with Crippen LogP contribution in [0.25, 0.3) is 22.3 Å². The van der Waals surface area contributed by atoms with Crippen LogP contribution in [-0.4, -0.2) is 55.6 Å². The molecule has 0 saturated carbocycles. The first-order valence-electron chi connectivity index (χ1n) is 10.3. The van der Waals surface area contributed by atoms with Gasteiger partial charge < -0.3 is 10.0 Å². The van der Waals surface area contributed by atoms with Gasteiger partial charge in [0, 0.05) is 25.2 Å². The molecule has 1 saturated heterocycles. The Bertz CT molecular complexity index is 1130. The minimum Gasteiger partial charge on any atom is -0.478 e. The van der Waals surface area contributed by atoms with Crippen LogP contribution in [0.2, 0.25) is 0 Å². The lowest BCUT2D eigenvalue weighted by Gasteiger charge is -2.35. The number of hydrogen-bond donors (Lipinski definition) is 1. The molecule has 2 aromatic heterocycles. The van der Waals surface area contributed by atoms with E-state index in [-0.39, 0.29) is 22.7 Å². The predicted octanol–water partition coefficient (Wildman–Crippen LogP) is 4.15. The van der Waals surface area contributed by atoms with Crippen LogP contribution in [0.3, 0.4) is 0 Å². The minimum absolute atomic E-state index is 0.116. The van der Waals surface area contributed by atoms with Crippen LogP contribution in [0.1, 0.15) is 50.0 Å². The molecule has 164 valence electrons. The van der Waals surface area contributed by atoms with Gasteiger partial charge in [-0.1, -0.05) is 26.0 Å². The van der Waals surface area contributed by atoms with Crippen LogP contribution in [0.5, 0.6) is 0 Å². The molecule has 1 aliphatic rings. The number of hydrogen-bond acceptors (Lipinski definition) is 5. The van der Waals surface area contributed by atoms with E-state index in [0.717, 1.165) is 44.1 Å². The molecule has 0 atom stereocenters. The molecule has 3 heterocycles. The van der Waals surface area contributed by atoms with Crippen molar-refractivity contribution in [3.63, 3.8) is 0 Å². The molecular formula is C22H25F2N5O2. The quantitative estimate of drug-likeness (QED) is 0.671. The maximum absolute atomic E-state index is 14.4. The molecule has 0 bridgehead atoms. The van der Waals surface area contributed by atoms with E-state index in [0.29, 0.717) is 5.52 Å². The first-order chi connectivity index (χ1) is 14.6. The molecule has 1 fully saturated rings. The van der Waals surface area contributed by atoms with Gasteiger partial charge in [0.25, 0.3) is 0 Å². The summed E-state index contributed by atoms with van der Waals surface area (Å²) in [5.41, 5.74) is 0.864. The number of rotatable bonds is 4. The zero-order valence-corrected chi connectivity index (χ0v) is 17.8. The fourth-order valence-electron chi connectivity index (χ4n) is 4.16. The van der Waals surface area contributed by atoms with E-state index >= 15 is 0 Å². The maximum Gasteiger partial charge on any atom is 0.338 e. The average Bonchev–Trinajstić information content (AvgIpc) is 3.12. The molecule has 3 aromatic rings. The molecule has 9 heteroatoms. The summed E-state index contributed by atoms with van der Waals surface area (Å²) in [7, 11) is 0. The van der Waals surface area contributed by atoms with E-state index in [1.54, 1.807) is 12.3 Å². The van der Waals surface area contributed by atoms with Crippen LogP contribution in [-0.2, 0) is 0 Å². The summed E-state index contributed by atoms with van der Waals surface area (Å²) in [4.78, 5) is 17.7. The van der Waals surface area contributed by atoms with Crippen LogP contribution in [0.4, 0.5) is 8.78 Å². The van der Waals surface area contributed by atoms with Gasteiger partial charge in [0.1, 0.15) is 11.0 Å². The van der Waals surface area contributed by atoms with Gasteiger partial charge in [-0.3, -0.25) is 4.98 Å². The van der Waals surface area contributed by atoms with Crippen molar-refractivity contribution < 1.29 is 18.7 Å². The van der Waals surface area contributed by atoms with Crippen LogP contribution in [0, 0.1) is 17.0 Å². The standard InChI is InChI=1S/C22H25F2N5O2/c1-22(2,3)12-28-8-6-13(7-9-28)29-18-11-25-16(10-17(18)26-27-29)14-4-5-15(21(30)31)20(24)19(14)23/h4-5,10-11,13H,6-9,12H2,1-3H3,(H,30,31). The highest BCUT2D eigenvalue weighted by molar-refractivity contribution is 5.89. The molecule has 0 aliphatic carbocycles. The normalized spacial score (nSPS) is 16.2. The number of carboxylic acids is 1. The highest BCUT2D eigenvalue weighted by atomic mass is 19.2. The summed E-state index contributed by atoms with van der Waals surface area (Å²) in [5, 5.41) is 17.4. The minimum atomic E-state index is -1.53. The molecule has 7 nitrogen and oxygen atoms in total. The van der Waals surface area contributed by atoms with Crippen LogP contribution >= 0.6 is 0 Å². The summed E-state index contributed by atoms with van der Waals surface area (Å²) in [5.74, 6) is -4.18. The molecule has 4 rings (SSSR count). The number of nitrogens with zero attached hydrogens (tertiary/aromatic N) is 5. The maximum atomic E-state index is 14.4. The molecule has 0 spiro atoms. The lowest BCUT2D eigenvalue weighted by molar-refractivity contribution is 0.0690. The van der Waals surface area contributed by atoms with Crippen molar-refractivity contribution in [3.05, 3.63) is 41.6 Å². The highest BCUT2D eigenvalue weighted by Crippen LogP contribution is 2.30. The second-order valence-electron chi connectivity index (χ2n) is 9.25. The number of carboxylic acid groups (broad SMARTS) is 1. The zero-order chi connectivity index (χ0) is 22.3. The van der Waals surface area contributed by atoms with Gasteiger partial charge >= 0.3 is 5.97 Å². The molecule has 1 aromatic carbocycles. The number of fused-ring (bicyclic) bond motifs is 1. The Kier molecular flexibility index (Phi) is 5.47. The van der Waals surface area contributed by atoms with Crippen molar-refractivity contribution in [2.24, 2.45) is 5.41 Å². The van der Waals surface area contributed by atoms with E-state index in [9.17, 15) is 13.6 Å². The topological polar surface area (TPSA) is 84.1 Å². The summed E-state index contributed by atoms with van der Waals surface area (Å²) in [6.45, 7) is 9.71. The summed E-state index contributed by atoms with van der Waals surface area (Å²) in [6, 6.07) is 4.00. The fraction of sp³-hybridized carbons (Fsp3) is 0.455. The lowest BCUT2D eigenvalue weighted by atomic mass is 9.94. The molecule has 31 heavy (non-hydrogen) atoms. The fourth-order valence-corrected chi connectivity index (χ4v) is 4.16. The zero-order valence-electron chi connectivity index (χ0n) is 17.8. The third kappa shape index (κ3) is 4.27. The van der Waals surface area contributed by atoms with Crippen molar-refractivity contribution in [3.8, 4) is 11.3 Å². The summed E-state index contributed by atoms with van der Waals surface area (Å²) >= 11 is 0. The van der Waals surface area contributed by atoms with Crippen LogP contribution in [0.15, 0.2) is 24.4 Å².